The number of fused-ring (bicyclic) bond motifs is 7. The molecule has 1 saturated heterocycles. The van der Waals surface area contributed by atoms with E-state index in [1.165, 1.54) is 34.6 Å². The normalized spacial score (nSPS) is 62.8. The second-order valence-electron chi connectivity index (χ2n) is 14.8. The maximum absolute atomic E-state index is 16.1. The number of ketones is 2. The third-order valence-corrected chi connectivity index (χ3v) is 11.2. The molecular formula is C40H64O6. The number of rotatable bonds is 8. The molecule has 0 aromatic carbocycles. The van der Waals surface area contributed by atoms with Crippen LogP contribution < -0.4 is 0 Å². The smallest absolute Gasteiger partial charge is 0.196 e. The van der Waals surface area contributed by atoms with E-state index in [1.54, 1.807) is 0 Å². The number of ether oxygens (including phenoxy) is 4. The number of allylic oxidation sites excluding steroid dienone is 4. The SMILES string of the molecule is [2H]C1=C2C([2H])([2H])C([2H])([2H])[C@@]3(C)[C@]4([2H])C([2H])([2H])[C@@]5([2H])OC([2H])(C([2H])(C)C([2H])([2H])C([2H])([2H])C)O[C@@]5(C(=O)C([2H])(C)OC)[C@@]4(C([2H])(C)C)C(C)(C)C([2H])(OC)[C@]3([2H])[C@@]2(C(C)(C)C)C(C)=C(C)C1=O. The van der Waals surface area contributed by atoms with Gasteiger partial charge in [0.15, 0.2) is 23.4 Å². The lowest BCUT2D eigenvalue weighted by Crippen LogP contribution is -2.77. The number of carbonyl (C=O) groups excluding carboxylic acids is 2. The van der Waals surface area contributed by atoms with E-state index in [2.05, 4.69) is 0 Å². The topological polar surface area (TPSA) is 71.1 Å². The van der Waals surface area contributed by atoms with Gasteiger partial charge in [-0.25, -0.2) is 0 Å². The zero-order chi connectivity index (χ0) is 51.8. The van der Waals surface area contributed by atoms with Crippen LogP contribution in [0.1, 0.15) is 148 Å². The van der Waals surface area contributed by atoms with Crippen LogP contribution in [-0.2, 0) is 28.5 Å². The van der Waals surface area contributed by atoms with Gasteiger partial charge in [-0.3, -0.25) is 9.59 Å². The van der Waals surface area contributed by atoms with Gasteiger partial charge in [-0.05, 0) is 80.5 Å². The van der Waals surface area contributed by atoms with Gasteiger partial charge in [0.05, 0.1) is 19.0 Å². The average molecular weight is 660 g/mol. The van der Waals surface area contributed by atoms with E-state index in [1.807, 2.05) is 0 Å². The van der Waals surface area contributed by atoms with Crippen LogP contribution in [-0.4, -0.2) is 55.9 Å². The standard InChI is InChI=1S/C40H64O6/c1-16-17-23(4)34-45-30-21-29-37(13)19-18-27-20-28(41)24(5)25(6)38(27,35(8,9)10)31(37)33(44-15)36(11,12)39(29,22(2)3)40(30,46-34)32(42)26(7)43-14/h20,22-23,26,29-31,33-34H,16-19,21H2,1-15H3/t23?,26?,29-,30+,31-,33?,34?,37-,38+,39+,40-/m0/s1/i16D2,17D2,18D2,19D2,20D,21D2,22D,23D,26D,29D,30D,31D,33D,34D. The summed E-state index contributed by atoms with van der Waals surface area (Å²) >= 11 is 0. The van der Waals surface area contributed by atoms with E-state index in [-0.39, 0.29) is 11.1 Å². The first-order valence-corrected chi connectivity index (χ1v) is 15.7. The summed E-state index contributed by atoms with van der Waals surface area (Å²) in [6.45, 7) is 14.0. The van der Waals surface area contributed by atoms with Gasteiger partial charge in [-0.2, -0.15) is 0 Å². The van der Waals surface area contributed by atoms with Crippen molar-refractivity contribution in [1.82, 2.24) is 0 Å². The number of methoxy groups -OCH3 is 2. The maximum Gasteiger partial charge on any atom is 0.196 e. The number of carbonyl (C=O) groups is 2. The van der Waals surface area contributed by atoms with Crippen molar-refractivity contribution in [1.29, 1.82) is 0 Å². The third-order valence-electron chi connectivity index (χ3n) is 11.2. The molecule has 4 fully saturated rings. The Labute approximate surface area is 306 Å². The first-order valence-electron chi connectivity index (χ1n) is 25.2. The molecule has 5 rings (SSSR count). The van der Waals surface area contributed by atoms with Crippen LogP contribution in [0.2, 0.25) is 0 Å². The largest absolute Gasteiger partial charge is 0.381 e. The van der Waals surface area contributed by atoms with Gasteiger partial charge in [0, 0.05) is 61.4 Å². The molecule has 0 N–H and O–H groups in total. The van der Waals surface area contributed by atoms with Crippen molar-refractivity contribution >= 4 is 11.6 Å². The summed E-state index contributed by atoms with van der Waals surface area (Å²) in [6, 6.07) is -1.08. The summed E-state index contributed by atoms with van der Waals surface area (Å²) in [7, 11) is 1.73. The van der Waals surface area contributed by atoms with Crippen molar-refractivity contribution < 1.29 is 54.6 Å². The first-order chi connectivity index (χ1) is 28.2. The number of Topliss-reactive ketones (excluding diaryl/α,β-unsaturated/α-hetero) is 1. The molecule has 0 aromatic heterocycles. The minimum atomic E-state index is -4.27. The number of hydrogen-bond acceptors (Lipinski definition) is 6. The predicted octanol–water partition coefficient (Wildman–Crippen LogP) is 8.52. The van der Waals surface area contributed by atoms with Crippen molar-refractivity contribution in [3.05, 3.63) is 22.8 Å². The van der Waals surface area contributed by atoms with Gasteiger partial charge in [0.2, 0.25) is 0 Å². The van der Waals surface area contributed by atoms with Crippen LogP contribution in [0.15, 0.2) is 22.8 Å². The zero-order valence-corrected chi connectivity index (χ0v) is 29.9. The van der Waals surface area contributed by atoms with E-state index >= 15 is 4.79 Å². The van der Waals surface area contributed by atoms with Crippen LogP contribution in [0.3, 0.4) is 0 Å². The van der Waals surface area contributed by atoms with Gasteiger partial charge in [0.1, 0.15) is 6.08 Å². The zero-order valence-electron chi connectivity index (χ0n) is 48.9. The summed E-state index contributed by atoms with van der Waals surface area (Å²) in [6.07, 6.45) is -33.3. The molecule has 46 heavy (non-hydrogen) atoms. The third kappa shape index (κ3) is 4.02. The highest BCUT2D eigenvalue weighted by atomic mass is 16.7. The van der Waals surface area contributed by atoms with Gasteiger partial charge < -0.3 is 18.9 Å². The molecule has 0 amide bonds. The Balaban J connectivity index is 2.32. The molecule has 6 nitrogen and oxygen atoms in total. The van der Waals surface area contributed by atoms with Crippen LogP contribution in [0.25, 0.3) is 0 Å². The minimum Gasteiger partial charge on any atom is -0.381 e. The van der Waals surface area contributed by atoms with Gasteiger partial charge >= 0.3 is 0 Å². The Kier molecular flexibility index (Phi) is 4.59. The summed E-state index contributed by atoms with van der Waals surface area (Å²) in [4.78, 5) is 30.1. The molecule has 6 heteroatoms. The number of hydrogen-bond donors (Lipinski definition) is 0. The minimum absolute atomic E-state index is 0.172. The molecule has 0 spiro atoms. The van der Waals surface area contributed by atoms with Crippen molar-refractivity contribution in [2.45, 2.75) is 152 Å². The Bertz CT molecular complexity index is 2210. The average Bonchev–Trinajstić information content (AvgIpc) is 3.44. The molecule has 1 aliphatic heterocycles. The predicted molar refractivity (Wildman–Crippen MR) is 182 cm³/mol. The van der Waals surface area contributed by atoms with Crippen LogP contribution in [0.5, 0.6) is 0 Å². The van der Waals surface area contributed by atoms with Crippen molar-refractivity contribution in [2.24, 2.45) is 50.7 Å². The quantitative estimate of drug-likeness (QED) is 0.260. The molecule has 4 aliphatic carbocycles. The Morgan fingerprint density at radius 3 is 2.37 bits per heavy atom. The van der Waals surface area contributed by atoms with E-state index < -0.39 is 136 Å². The van der Waals surface area contributed by atoms with E-state index in [0.29, 0.717) is 13.8 Å². The summed E-state index contributed by atoms with van der Waals surface area (Å²) in [5, 5.41) is 0. The molecular weight excluding hydrogens is 576 g/mol. The molecule has 11 atom stereocenters. The van der Waals surface area contributed by atoms with Gasteiger partial charge in [-0.15, -0.1) is 0 Å². The van der Waals surface area contributed by atoms with Gasteiger partial charge in [-0.1, -0.05) is 86.8 Å². The molecule has 1 heterocycles. The second-order valence-corrected chi connectivity index (χ2v) is 14.8. The highest BCUT2D eigenvalue weighted by Crippen LogP contribution is 2.82. The van der Waals surface area contributed by atoms with Crippen LogP contribution in [0, 0.1) is 50.7 Å². The second kappa shape index (κ2) is 11.4. The summed E-state index contributed by atoms with van der Waals surface area (Å²) < 4.78 is 212. The molecule has 0 aromatic rings. The molecule has 5 aliphatic rings. The lowest BCUT2D eigenvalue weighted by atomic mass is 9.30. The van der Waals surface area contributed by atoms with Crippen molar-refractivity contribution in [3.8, 4) is 0 Å². The molecule has 4 unspecified atom stereocenters. The van der Waals surface area contributed by atoms with Crippen molar-refractivity contribution in [2.75, 3.05) is 14.2 Å². The van der Waals surface area contributed by atoms with E-state index in [9.17, 15) is 25.4 Å². The molecule has 260 valence electrons. The highest BCUT2D eigenvalue weighted by Gasteiger charge is 2.86. The Morgan fingerprint density at radius 1 is 1.22 bits per heavy atom. The van der Waals surface area contributed by atoms with Crippen LogP contribution in [0.4, 0.5) is 0 Å². The maximum atomic E-state index is 16.1. The monoisotopic (exact) mass is 660 g/mol. The highest BCUT2D eigenvalue weighted by molar-refractivity contribution is 6.06. The molecule has 0 bridgehead atoms. The summed E-state index contributed by atoms with van der Waals surface area (Å²) in [5.74, 6) is -16.8. The molecule has 3 saturated carbocycles. The van der Waals surface area contributed by atoms with Gasteiger partial charge in [0.25, 0.3) is 0 Å². The van der Waals surface area contributed by atoms with Crippen LogP contribution >= 0.6 is 0 Å². The Hall–Kier alpha value is -1.34. The molecule has 0 radical (unpaired) electrons. The first kappa shape index (κ1) is 18.6. The summed E-state index contributed by atoms with van der Waals surface area (Å²) in [5.41, 5.74) is -19.9. The fourth-order valence-electron chi connectivity index (χ4n) is 9.39. The van der Waals surface area contributed by atoms with E-state index in [0.717, 1.165) is 55.8 Å². The Morgan fingerprint density at radius 2 is 1.85 bits per heavy atom. The lowest BCUT2D eigenvalue weighted by molar-refractivity contribution is -0.310. The fourth-order valence-corrected chi connectivity index (χ4v) is 9.39. The van der Waals surface area contributed by atoms with E-state index in [4.69, 9.17) is 24.4 Å². The lowest BCUT2D eigenvalue weighted by Gasteiger charge is -2.75. The van der Waals surface area contributed by atoms with Crippen molar-refractivity contribution in [3.63, 3.8) is 0 Å². The fraction of sp³-hybridized carbons (Fsp3) is 0.850.